The zero-order chi connectivity index (χ0) is 20.4. The van der Waals surface area contributed by atoms with Crippen molar-refractivity contribution in [3.63, 3.8) is 0 Å². The fourth-order valence-electron chi connectivity index (χ4n) is 3.70. The molecule has 2 heterocycles. The number of morpholine rings is 1. The van der Waals surface area contributed by atoms with Gasteiger partial charge in [-0.25, -0.2) is 4.79 Å². The number of aromatic carboxylic acids is 1. The SMILES string of the molecule is Cc1noc(C2(C)CN(Cc3ccc(-c4ccccc4C(=O)O)cc3)CCO2)n1. The van der Waals surface area contributed by atoms with Gasteiger partial charge in [0, 0.05) is 19.6 Å². The van der Waals surface area contributed by atoms with Gasteiger partial charge in [0.15, 0.2) is 11.4 Å². The second-order valence-corrected chi connectivity index (χ2v) is 7.48. The number of nitrogens with zero attached hydrogens (tertiary/aromatic N) is 3. The third-order valence-corrected chi connectivity index (χ3v) is 5.16. The Morgan fingerprint density at radius 3 is 2.66 bits per heavy atom. The zero-order valence-electron chi connectivity index (χ0n) is 16.5. The zero-order valence-corrected chi connectivity index (χ0v) is 16.5. The summed E-state index contributed by atoms with van der Waals surface area (Å²) in [7, 11) is 0. The minimum Gasteiger partial charge on any atom is -0.478 e. The molecule has 0 spiro atoms. The lowest BCUT2D eigenvalue weighted by Crippen LogP contribution is -2.47. The number of aryl methyl sites for hydroxylation is 1. The van der Waals surface area contributed by atoms with Crippen LogP contribution in [0.2, 0.25) is 0 Å². The highest BCUT2D eigenvalue weighted by molar-refractivity contribution is 5.95. The first-order valence-corrected chi connectivity index (χ1v) is 9.53. The molecule has 1 aliphatic heterocycles. The van der Waals surface area contributed by atoms with Gasteiger partial charge in [-0.2, -0.15) is 4.98 Å². The Morgan fingerprint density at radius 2 is 1.97 bits per heavy atom. The summed E-state index contributed by atoms with van der Waals surface area (Å²) >= 11 is 0. The smallest absolute Gasteiger partial charge is 0.336 e. The third-order valence-electron chi connectivity index (χ3n) is 5.16. The van der Waals surface area contributed by atoms with Gasteiger partial charge in [-0.1, -0.05) is 47.6 Å². The topological polar surface area (TPSA) is 88.7 Å². The lowest BCUT2D eigenvalue weighted by Gasteiger charge is -2.38. The van der Waals surface area contributed by atoms with Crippen LogP contribution >= 0.6 is 0 Å². The molecule has 0 saturated carbocycles. The van der Waals surface area contributed by atoms with Crippen molar-refractivity contribution in [1.82, 2.24) is 15.0 Å². The summed E-state index contributed by atoms with van der Waals surface area (Å²) in [5.41, 5.74) is 2.43. The highest BCUT2D eigenvalue weighted by atomic mass is 16.5. The molecule has 0 radical (unpaired) electrons. The van der Waals surface area contributed by atoms with E-state index in [-0.39, 0.29) is 0 Å². The molecule has 3 aromatic rings. The largest absolute Gasteiger partial charge is 0.478 e. The van der Waals surface area contributed by atoms with Gasteiger partial charge in [-0.05, 0) is 36.6 Å². The Morgan fingerprint density at radius 1 is 1.21 bits per heavy atom. The molecule has 4 rings (SSSR count). The number of hydrogen-bond donors (Lipinski definition) is 1. The first-order valence-electron chi connectivity index (χ1n) is 9.53. The van der Waals surface area contributed by atoms with E-state index in [1.54, 1.807) is 19.1 Å². The second-order valence-electron chi connectivity index (χ2n) is 7.48. The standard InChI is InChI=1S/C22H23N3O4/c1-15-23-21(29-24-15)22(2)14-25(11-12-28-22)13-16-7-9-17(10-8-16)18-5-3-4-6-19(18)20(26)27/h3-10H,11-14H2,1-2H3,(H,26,27). The van der Waals surface area contributed by atoms with Crippen molar-refractivity contribution in [3.05, 3.63) is 71.4 Å². The van der Waals surface area contributed by atoms with E-state index in [1.807, 2.05) is 43.3 Å². The van der Waals surface area contributed by atoms with Crippen LogP contribution in [0.4, 0.5) is 0 Å². The Balaban J connectivity index is 1.49. The maximum absolute atomic E-state index is 11.5. The van der Waals surface area contributed by atoms with E-state index in [0.29, 0.717) is 30.4 Å². The Hall–Kier alpha value is -3.03. The molecule has 1 aliphatic rings. The summed E-state index contributed by atoms with van der Waals surface area (Å²) in [6.45, 7) is 6.57. The van der Waals surface area contributed by atoms with Gasteiger partial charge in [-0.15, -0.1) is 0 Å². The number of ether oxygens (including phenoxy) is 1. The summed E-state index contributed by atoms with van der Waals surface area (Å²) in [6.07, 6.45) is 0. The van der Waals surface area contributed by atoms with Crippen molar-refractivity contribution in [2.75, 3.05) is 19.7 Å². The van der Waals surface area contributed by atoms with Crippen molar-refractivity contribution in [1.29, 1.82) is 0 Å². The maximum Gasteiger partial charge on any atom is 0.336 e. The van der Waals surface area contributed by atoms with Crippen LogP contribution in [0.1, 0.15) is 34.6 Å². The van der Waals surface area contributed by atoms with Gasteiger partial charge >= 0.3 is 5.97 Å². The van der Waals surface area contributed by atoms with Crippen molar-refractivity contribution < 1.29 is 19.2 Å². The molecule has 1 saturated heterocycles. The average Bonchev–Trinajstić information content (AvgIpc) is 3.16. The lowest BCUT2D eigenvalue weighted by molar-refractivity contribution is -0.120. The summed E-state index contributed by atoms with van der Waals surface area (Å²) in [4.78, 5) is 18.1. The van der Waals surface area contributed by atoms with Gasteiger partial charge < -0.3 is 14.4 Å². The third kappa shape index (κ3) is 4.06. The average molecular weight is 393 g/mol. The number of hydrogen-bond acceptors (Lipinski definition) is 6. The van der Waals surface area contributed by atoms with E-state index < -0.39 is 11.6 Å². The Kier molecular flexibility index (Phi) is 5.17. The normalized spacial score (nSPS) is 19.9. The monoisotopic (exact) mass is 393 g/mol. The Labute approximate surface area is 168 Å². The van der Waals surface area contributed by atoms with Gasteiger partial charge in [0.05, 0.1) is 12.2 Å². The van der Waals surface area contributed by atoms with E-state index in [4.69, 9.17) is 9.26 Å². The number of carboxylic acid groups (broad SMARTS) is 1. The van der Waals surface area contributed by atoms with Crippen LogP contribution in [-0.2, 0) is 16.9 Å². The van der Waals surface area contributed by atoms with Crippen LogP contribution in [0, 0.1) is 6.92 Å². The molecule has 29 heavy (non-hydrogen) atoms. The fourth-order valence-corrected chi connectivity index (χ4v) is 3.70. The minimum atomic E-state index is -0.923. The molecular weight excluding hydrogens is 370 g/mol. The molecule has 150 valence electrons. The van der Waals surface area contributed by atoms with E-state index in [2.05, 4.69) is 15.0 Å². The number of benzene rings is 2. The summed E-state index contributed by atoms with van der Waals surface area (Å²) in [6, 6.07) is 15.1. The van der Waals surface area contributed by atoms with Gasteiger partial charge in [-0.3, -0.25) is 4.90 Å². The summed E-state index contributed by atoms with van der Waals surface area (Å²) in [5.74, 6) is 0.174. The first-order chi connectivity index (χ1) is 13.9. The second kappa shape index (κ2) is 7.77. The van der Waals surface area contributed by atoms with E-state index >= 15 is 0 Å². The first kappa shape index (κ1) is 19.3. The molecule has 1 fully saturated rings. The number of carboxylic acids is 1. The molecule has 2 aromatic carbocycles. The van der Waals surface area contributed by atoms with Crippen LogP contribution in [0.3, 0.4) is 0 Å². The molecule has 1 aromatic heterocycles. The fraction of sp³-hybridized carbons (Fsp3) is 0.318. The van der Waals surface area contributed by atoms with Gasteiger partial charge in [0.1, 0.15) is 0 Å². The van der Waals surface area contributed by atoms with E-state index in [1.165, 1.54) is 0 Å². The molecule has 7 heteroatoms. The molecule has 1 atom stereocenters. The predicted octanol–water partition coefficient (Wildman–Crippen LogP) is 3.49. The van der Waals surface area contributed by atoms with E-state index in [0.717, 1.165) is 29.8 Å². The molecule has 1 N–H and O–H groups in total. The highest BCUT2D eigenvalue weighted by Crippen LogP contribution is 2.29. The summed E-state index contributed by atoms with van der Waals surface area (Å²) < 4.78 is 11.3. The highest BCUT2D eigenvalue weighted by Gasteiger charge is 2.38. The van der Waals surface area contributed by atoms with E-state index in [9.17, 15) is 9.90 Å². The number of rotatable bonds is 5. The molecule has 7 nitrogen and oxygen atoms in total. The van der Waals surface area contributed by atoms with Crippen molar-refractivity contribution in [3.8, 4) is 11.1 Å². The molecule has 0 amide bonds. The Bertz CT molecular complexity index is 1010. The quantitative estimate of drug-likeness (QED) is 0.710. The van der Waals surface area contributed by atoms with Gasteiger partial charge in [0.2, 0.25) is 0 Å². The minimum absolute atomic E-state index is 0.305. The maximum atomic E-state index is 11.5. The molecule has 1 unspecified atom stereocenters. The van der Waals surface area contributed by atoms with Crippen LogP contribution in [0.5, 0.6) is 0 Å². The van der Waals surface area contributed by atoms with Crippen LogP contribution in [-0.4, -0.2) is 45.8 Å². The van der Waals surface area contributed by atoms with Crippen LogP contribution in [0.25, 0.3) is 11.1 Å². The van der Waals surface area contributed by atoms with Crippen LogP contribution < -0.4 is 0 Å². The van der Waals surface area contributed by atoms with Crippen molar-refractivity contribution in [2.45, 2.75) is 26.0 Å². The predicted molar refractivity (Wildman–Crippen MR) is 106 cm³/mol. The van der Waals surface area contributed by atoms with Crippen LogP contribution in [0.15, 0.2) is 53.1 Å². The molecule has 0 aliphatic carbocycles. The molecule has 0 bridgehead atoms. The lowest BCUT2D eigenvalue weighted by atomic mass is 9.98. The number of carbonyl (C=O) groups is 1. The number of aromatic nitrogens is 2. The van der Waals surface area contributed by atoms with Crippen molar-refractivity contribution >= 4 is 5.97 Å². The molecular formula is C22H23N3O4. The van der Waals surface area contributed by atoms with Crippen molar-refractivity contribution in [2.24, 2.45) is 0 Å². The summed E-state index contributed by atoms with van der Waals surface area (Å²) in [5, 5.41) is 13.3. The van der Waals surface area contributed by atoms with Gasteiger partial charge in [0.25, 0.3) is 5.89 Å².